The quantitative estimate of drug-likeness (QED) is 0.629. The normalized spacial score (nSPS) is 11.6. The van der Waals surface area contributed by atoms with Gasteiger partial charge in [-0.2, -0.15) is 0 Å². The van der Waals surface area contributed by atoms with E-state index >= 15 is 0 Å². The molecule has 2 rings (SSSR count). The summed E-state index contributed by atoms with van der Waals surface area (Å²) in [6.45, 7) is 4.79. The maximum Gasteiger partial charge on any atom is 0.339 e. The van der Waals surface area contributed by atoms with Crippen molar-refractivity contribution < 1.29 is 28.6 Å². The molecule has 0 radical (unpaired) electrons. The van der Waals surface area contributed by atoms with Gasteiger partial charge in [-0.3, -0.25) is 4.79 Å². The number of hydrogen-bond donors (Lipinski definition) is 1. The zero-order valence-electron chi connectivity index (χ0n) is 15.3. The molecule has 1 aromatic heterocycles. The van der Waals surface area contributed by atoms with Gasteiger partial charge in [0.05, 0.1) is 31.0 Å². The van der Waals surface area contributed by atoms with Crippen LogP contribution in [0.15, 0.2) is 24.3 Å². The summed E-state index contributed by atoms with van der Waals surface area (Å²) >= 11 is 0. The number of ketones is 1. The fourth-order valence-corrected chi connectivity index (χ4v) is 2.64. The Kier molecular flexibility index (Phi) is 5.82. The van der Waals surface area contributed by atoms with Crippen molar-refractivity contribution >= 4 is 17.7 Å². The number of hydrogen-bond acceptors (Lipinski definition) is 6. The Bertz CT molecular complexity index is 852. The van der Waals surface area contributed by atoms with Gasteiger partial charge in [-0.1, -0.05) is 6.07 Å². The second-order valence-corrected chi connectivity index (χ2v) is 5.76. The average molecular weight is 359 g/mol. The van der Waals surface area contributed by atoms with Gasteiger partial charge < -0.3 is 19.2 Å². The molecule has 0 unspecified atom stereocenters. The lowest BCUT2D eigenvalue weighted by Crippen LogP contribution is -2.25. The van der Waals surface area contributed by atoms with Crippen LogP contribution in [0.25, 0.3) is 0 Å². The van der Waals surface area contributed by atoms with Crippen molar-refractivity contribution in [2.75, 3.05) is 14.2 Å². The zero-order chi connectivity index (χ0) is 19.4. The van der Waals surface area contributed by atoms with Crippen molar-refractivity contribution in [1.29, 1.82) is 0 Å². The summed E-state index contributed by atoms with van der Waals surface area (Å²) < 4.78 is 15.1. The van der Waals surface area contributed by atoms with Crippen molar-refractivity contribution in [2.45, 2.75) is 26.9 Å². The summed E-state index contributed by atoms with van der Waals surface area (Å²) in [4.78, 5) is 39.6. The molecule has 0 aliphatic rings. The van der Waals surface area contributed by atoms with Gasteiger partial charge in [-0.05, 0) is 44.5 Å². The first-order valence-corrected chi connectivity index (χ1v) is 7.96. The van der Waals surface area contributed by atoms with E-state index in [1.807, 2.05) is 0 Å². The molecular weight excluding hydrogens is 338 g/mol. The minimum absolute atomic E-state index is 0.217. The topological polar surface area (TPSA) is 94.7 Å². The molecule has 1 atom stereocenters. The van der Waals surface area contributed by atoms with Crippen LogP contribution in [0, 0.1) is 13.8 Å². The average Bonchev–Trinajstić information content (AvgIpc) is 2.94. The second kappa shape index (κ2) is 7.86. The summed E-state index contributed by atoms with van der Waals surface area (Å²) in [5.41, 5.74) is 1.78. The highest BCUT2D eigenvalue weighted by Gasteiger charge is 2.27. The van der Waals surface area contributed by atoms with Gasteiger partial charge in [0.25, 0.3) is 0 Å². The number of H-pyrrole nitrogens is 1. The van der Waals surface area contributed by atoms with Gasteiger partial charge in [-0.25, -0.2) is 9.59 Å². The first-order valence-electron chi connectivity index (χ1n) is 7.96. The molecule has 0 fully saturated rings. The molecule has 1 heterocycles. The van der Waals surface area contributed by atoms with Crippen LogP contribution in [-0.4, -0.2) is 43.0 Å². The van der Waals surface area contributed by atoms with Gasteiger partial charge in [0.1, 0.15) is 5.75 Å². The van der Waals surface area contributed by atoms with E-state index in [9.17, 15) is 14.4 Å². The summed E-state index contributed by atoms with van der Waals surface area (Å²) in [7, 11) is 2.76. The molecule has 0 saturated carbocycles. The van der Waals surface area contributed by atoms with Crippen LogP contribution in [0.5, 0.6) is 5.75 Å². The van der Waals surface area contributed by atoms with E-state index < -0.39 is 23.8 Å². The summed E-state index contributed by atoms with van der Waals surface area (Å²) in [6, 6.07) is 6.45. The van der Waals surface area contributed by atoms with Crippen LogP contribution < -0.4 is 4.74 Å². The summed E-state index contributed by atoms with van der Waals surface area (Å²) in [5.74, 6) is -1.09. The van der Waals surface area contributed by atoms with Crippen molar-refractivity contribution in [3.63, 3.8) is 0 Å². The molecule has 7 nitrogen and oxygen atoms in total. The Morgan fingerprint density at radius 2 is 1.77 bits per heavy atom. The number of carbonyl (C=O) groups is 3. The number of carbonyl (C=O) groups excluding carboxylic acids is 3. The first-order chi connectivity index (χ1) is 12.3. The number of nitrogens with one attached hydrogen (secondary N) is 1. The third-order valence-electron chi connectivity index (χ3n) is 4.03. The molecule has 0 bridgehead atoms. The lowest BCUT2D eigenvalue weighted by molar-refractivity contribution is 0.0316. The van der Waals surface area contributed by atoms with E-state index in [1.54, 1.807) is 32.0 Å². The maximum absolute atomic E-state index is 12.6. The van der Waals surface area contributed by atoms with Crippen LogP contribution >= 0.6 is 0 Å². The number of aryl methyl sites for hydroxylation is 1. The Morgan fingerprint density at radius 3 is 2.38 bits per heavy atom. The highest BCUT2D eigenvalue weighted by Crippen LogP contribution is 2.21. The van der Waals surface area contributed by atoms with Crippen LogP contribution in [0.1, 0.15) is 49.4 Å². The zero-order valence-corrected chi connectivity index (χ0v) is 15.3. The van der Waals surface area contributed by atoms with Crippen molar-refractivity contribution in [2.24, 2.45) is 0 Å². The Balaban J connectivity index is 2.19. The molecule has 138 valence electrons. The van der Waals surface area contributed by atoms with E-state index in [0.29, 0.717) is 22.6 Å². The van der Waals surface area contributed by atoms with E-state index in [1.165, 1.54) is 27.2 Å². The van der Waals surface area contributed by atoms with Crippen LogP contribution in [0.4, 0.5) is 0 Å². The number of ether oxygens (including phenoxy) is 3. The number of aromatic nitrogens is 1. The molecule has 1 aromatic carbocycles. The Hall–Kier alpha value is -3.09. The second-order valence-electron chi connectivity index (χ2n) is 5.76. The Labute approximate surface area is 151 Å². The maximum atomic E-state index is 12.6. The monoisotopic (exact) mass is 359 g/mol. The van der Waals surface area contributed by atoms with Crippen LogP contribution in [-0.2, 0) is 9.47 Å². The minimum Gasteiger partial charge on any atom is -0.497 e. The minimum atomic E-state index is -1.03. The van der Waals surface area contributed by atoms with Gasteiger partial charge in [0.15, 0.2) is 6.10 Å². The van der Waals surface area contributed by atoms with E-state index in [-0.39, 0.29) is 11.3 Å². The van der Waals surface area contributed by atoms with Crippen LogP contribution in [0.3, 0.4) is 0 Å². The van der Waals surface area contributed by atoms with E-state index in [0.717, 1.165) is 0 Å². The molecule has 1 N–H and O–H groups in total. The molecule has 0 aliphatic carbocycles. The SMILES string of the molecule is COC(=O)c1c(C)[nH]c(C(=O)[C@H](C)OC(=O)c2cccc(OC)c2)c1C. The van der Waals surface area contributed by atoms with Gasteiger partial charge in [0.2, 0.25) is 5.78 Å². The fourth-order valence-electron chi connectivity index (χ4n) is 2.64. The number of Topliss-reactive ketones (excluding diaryl/α,β-unsaturated/α-hetero) is 1. The standard InChI is InChI=1S/C19H21NO6/c1-10-15(19(23)25-5)11(2)20-16(10)17(21)12(3)26-18(22)13-7-6-8-14(9-13)24-4/h6-9,12,20H,1-5H3/t12-/m0/s1. The number of aromatic amines is 1. The highest BCUT2D eigenvalue weighted by atomic mass is 16.5. The molecule has 7 heteroatoms. The predicted molar refractivity (Wildman–Crippen MR) is 93.8 cm³/mol. The largest absolute Gasteiger partial charge is 0.497 e. The molecule has 2 aromatic rings. The van der Waals surface area contributed by atoms with Crippen molar-refractivity contribution in [3.05, 3.63) is 52.3 Å². The molecular formula is C19H21NO6. The fraction of sp³-hybridized carbons (Fsp3) is 0.316. The smallest absolute Gasteiger partial charge is 0.339 e. The lowest BCUT2D eigenvalue weighted by Gasteiger charge is -2.12. The number of methoxy groups -OCH3 is 2. The predicted octanol–water partition coefficient (Wildman–Crippen LogP) is 2.85. The first kappa shape index (κ1) is 19.2. The molecule has 0 spiro atoms. The van der Waals surface area contributed by atoms with Crippen LogP contribution in [0.2, 0.25) is 0 Å². The lowest BCUT2D eigenvalue weighted by atomic mass is 10.1. The summed E-state index contributed by atoms with van der Waals surface area (Å²) in [5, 5.41) is 0. The highest BCUT2D eigenvalue weighted by molar-refractivity contribution is 6.04. The van der Waals surface area contributed by atoms with Crippen molar-refractivity contribution in [1.82, 2.24) is 4.98 Å². The van der Waals surface area contributed by atoms with E-state index in [4.69, 9.17) is 14.2 Å². The van der Waals surface area contributed by atoms with Crippen molar-refractivity contribution in [3.8, 4) is 5.75 Å². The van der Waals surface area contributed by atoms with Gasteiger partial charge in [-0.15, -0.1) is 0 Å². The third kappa shape index (κ3) is 3.77. The third-order valence-corrected chi connectivity index (χ3v) is 4.03. The molecule has 0 aliphatic heterocycles. The molecule has 26 heavy (non-hydrogen) atoms. The molecule has 0 amide bonds. The number of esters is 2. The van der Waals surface area contributed by atoms with Gasteiger partial charge in [0, 0.05) is 5.69 Å². The Morgan fingerprint density at radius 1 is 1.08 bits per heavy atom. The van der Waals surface area contributed by atoms with Gasteiger partial charge >= 0.3 is 11.9 Å². The van der Waals surface area contributed by atoms with E-state index in [2.05, 4.69) is 4.98 Å². The number of rotatable bonds is 6. The number of benzene rings is 1. The molecule has 0 saturated heterocycles. The summed E-state index contributed by atoms with van der Waals surface area (Å²) in [6.07, 6.45) is -1.03.